The van der Waals surface area contributed by atoms with E-state index in [9.17, 15) is 5.11 Å². The van der Waals surface area contributed by atoms with Crippen LogP contribution in [0.2, 0.25) is 10.0 Å². The number of rotatable bonds is 2. The van der Waals surface area contributed by atoms with E-state index in [4.69, 9.17) is 23.2 Å². The van der Waals surface area contributed by atoms with Crippen LogP contribution < -0.4 is 0 Å². The summed E-state index contributed by atoms with van der Waals surface area (Å²) < 4.78 is 0.871. The molecule has 0 heterocycles. The van der Waals surface area contributed by atoms with Crippen LogP contribution in [0.15, 0.2) is 45.9 Å². The number of aliphatic imine (C=N–C) groups is 1. The molecule has 2 aromatic rings. The molecule has 92 valence electrons. The maximum atomic E-state index is 9.65. The fraction of sp³-hybridized carbons (Fsp3) is 0. The van der Waals surface area contributed by atoms with Crippen molar-refractivity contribution in [2.24, 2.45) is 4.99 Å². The fourth-order valence-electron chi connectivity index (χ4n) is 1.34. The first-order chi connectivity index (χ1) is 8.56. The molecule has 0 fully saturated rings. The molecule has 0 aliphatic heterocycles. The SMILES string of the molecule is Oc1ccc(Br)cc1C=Nc1ccc(Cl)c(Cl)c1. The fourth-order valence-corrected chi connectivity index (χ4v) is 2.01. The molecule has 0 amide bonds. The lowest BCUT2D eigenvalue weighted by atomic mass is 10.2. The Bertz CT molecular complexity index is 614. The van der Waals surface area contributed by atoms with E-state index in [0.29, 0.717) is 21.3 Å². The lowest BCUT2D eigenvalue weighted by Gasteiger charge is -2.00. The topological polar surface area (TPSA) is 32.6 Å². The van der Waals surface area contributed by atoms with E-state index in [1.165, 1.54) is 0 Å². The van der Waals surface area contributed by atoms with E-state index in [1.807, 2.05) is 0 Å². The van der Waals surface area contributed by atoms with Crippen molar-refractivity contribution in [1.29, 1.82) is 0 Å². The average Bonchev–Trinajstić information content (AvgIpc) is 2.34. The van der Waals surface area contributed by atoms with Crippen LogP contribution in [0.1, 0.15) is 5.56 Å². The first kappa shape index (κ1) is 13.4. The molecular weight excluding hydrogens is 337 g/mol. The second-order valence-electron chi connectivity index (χ2n) is 3.56. The summed E-state index contributed by atoms with van der Waals surface area (Å²) in [5, 5.41) is 10.6. The molecule has 18 heavy (non-hydrogen) atoms. The first-order valence-corrected chi connectivity index (χ1v) is 6.59. The zero-order valence-corrected chi connectivity index (χ0v) is 12.2. The predicted octanol–water partition coefficient (Wildman–Crippen LogP) is 5.21. The minimum Gasteiger partial charge on any atom is -0.507 e. The summed E-state index contributed by atoms with van der Waals surface area (Å²) in [4.78, 5) is 4.23. The molecule has 0 unspecified atom stereocenters. The van der Waals surface area contributed by atoms with Crippen LogP contribution in [0.5, 0.6) is 5.75 Å². The van der Waals surface area contributed by atoms with Crippen molar-refractivity contribution in [2.45, 2.75) is 0 Å². The highest BCUT2D eigenvalue weighted by molar-refractivity contribution is 9.10. The van der Waals surface area contributed by atoms with Gasteiger partial charge in [-0.25, -0.2) is 0 Å². The van der Waals surface area contributed by atoms with Crippen LogP contribution in [-0.4, -0.2) is 11.3 Å². The van der Waals surface area contributed by atoms with Gasteiger partial charge in [-0.2, -0.15) is 0 Å². The highest BCUT2D eigenvalue weighted by atomic mass is 79.9. The van der Waals surface area contributed by atoms with Gasteiger partial charge in [-0.3, -0.25) is 4.99 Å². The largest absolute Gasteiger partial charge is 0.507 e. The normalized spacial score (nSPS) is 11.1. The van der Waals surface area contributed by atoms with E-state index in [-0.39, 0.29) is 5.75 Å². The van der Waals surface area contributed by atoms with Gasteiger partial charge in [0.05, 0.1) is 15.7 Å². The Morgan fingerprint density at radius 1 is 1.06 bits per heavy atom. The third-order valence-corrected chi connectivity index (χ3v) is 3.48. The molecule has 0 radical (unpaired) electrons. The molecule has 0 aromatic heterocycles. The standard InChI is InChI=1S/C13H8BrCl2NO/c14-9-1-4-13(18)8(5-9)7-17-10-2-3-11(15)12(16)6-10/h1-7,18H. The van der Waals surface area contributed by atoms with Crippen molar-refractivity contribution < 1.29 is 5.11 Å². The van der Waals surface area contributed by atoms with Crippen molar-refractivity contribution in [3.63, 3.8) is 0 Å². The molecular formula is C13H8BrCl2NO. The Morgan fingerprint density at radius 3 is 2.56 bits per heavy atom. The Hall–Kier alpha value is -1.03. The van der Waals surface area contributed by atoms with Gasteiger partial charge in [-0.15, -0.1) is 0 Å². The minimum absolute atomic E-state index is 0.169. The van der Waals surface area contributed by atoms with Gasteiger partial charge in [0, 0.05) is 16.3 Å². The van der Waals surface area contributed by atoms with Crippen molar-refractivity contribution in [3.05, 3.63) is 56.5 Å². The molecule has 0 aliphatic rings. The number of hydrogen-bond acceptors (Lipinski definition) is 2. The number of benzene rings is 2. The highest BCUT2D eigenvalue weighted by Crippen LogP contribution is 2.27. The minimum atomic E-state index is 0.169. The Balaban J connectivity index is 2.29. The summed E-state index contributed by atoms with van der Waals surface area (Å²) >= 11 is 15.0. The monoisotopic (exact) mass is 343 g/mol. The molecule has 5 heteroatoms. The third-order valence-electron chi connectivity index (χ3n) is 2.25. The van der Waals surface area contributed by atoms with Gasteiger partial charge in [0.1, 0.15) is 5.75 Å². The van der Waals surface area contributed by atoms with Crippen LogP contribution in [0.4, 0.5) is 5.69 Å². The maximum Gasteiger partial charge on any atom is 0.124 e. The Kier molecular flexibility index (Phi) is 4.27. The molecule has 1 N–H and O–H groups in total. The van der Waals surface area contributed by atoms with E-state index in [2.05, 4.69) is 20.9 Å². The second kappa shape index (κ2) is 5.74. The van der Waals surface area contributed by atoms with Crippen molar-refractivity contribution in [1.82, 2.24) is 0 Å². The number of phenols is 1. The van der Waals surface area contributed by atoms with Gasteiger partial charge in [0.15, 0.2) is 0 Å². The molecule has 2 nitrogen and oxygen atoms in total. The van der Waals surface area contributed by atoms with Crippen LogP contribution in [-0.2, 0) is 0 Å². The van der Waals surface area contributed by atoms with Gasteiger partial charge in [0.2, 0.25) is 0 Å². The van der Waals surface area contributed by atoms with Gasteiger partial charge < -0.3 is 5.11 Å². The van der Waals surface area contributed by atoms with Crippen LogP contribution in [0, 0.1) is 0 Å². The molecule has 0 saturated heterocycles. The van der Waals surface area contributed by atoms with Crippen LogP contribution >= 0.6 is 39.1 Å². The molecule has 0 aliphatic carbocycles. The van der Waals surface area contributed by atoms with E-state index < -0.39 is 0 Å². The molecule has 2 aromatic carbocycles. The molecule has 0 atom stereocenters. The third kappa shape index (κ3) is 3.25. The summed E-state index contributed by atoms with van der Waals surface area (Å²) in [5.74, 6) is 0.169. The maximum absolute atomic E-state index is 9.65. The Labute approximate surface area is 123 Å². The predicted molar refractivity (Wildman–Crippen MR) is 79.5 cm³/mol. The molecule has 2 rings (SSSR count). The van der Waals surface area contributed by atoms with Gasteiger partial charge in [-0.05, 0) is 36.4 Å². The average molecular weight is 345 g/mol. The summed E-state index contributed by atoms with van der Waals surface area (Å²) in [6.45, 7) is 0. The highest BCUT2D eigenvalue weighted by Gasteiger charge is 2.00. The van der Waals surface area contributed by atoms with Crippen molar-refractivity contribution in [2.75, 3.05) is 0 Å². The first-order valence-electron chi connectivity index (χ1n) is 5.04. The quantitative estimate of drug-likeness (QED) is 0.745. The van der Waals surface area contributed by atoms with Gasteiger partial charge >= 0.3 is 0 Å². The zero-order valence-electron chi connectivity index (χ0n) is 9.07. The lowest BCUT2D eigenvalue weighted by Crippen LogP contribution is -1.82. The van der Waals surface area contributed by atoms with Crippen LogP contribution in [0.3, 0.4) is 0 Å². The van der Waals surface area contributed by atoms with Crippen molar-refractivity contribution in [3.8, 4) is 5.75 Å². The van der Waals surface area contributed by atoms with E-state index >= 15 is 0 Å². The second-order valence-corrected chi connectivity index (χ2v) is 5.29. The van der Waals surface area contributed by atoms with E-state index in [0.717, 1.165) is 4.47 Å². The summed E-state index contributed by atoms with van der Waals surface area (Å²) in [6.07, 6.45) is 1.57. The van der Waals surface area contributed by atoms with Crippen molar-refractivity contribution >= 4 is 51.0 Å². The Morgan fingerprint density at radius 2 is 1.83 bits per heavy atom. The smallest absolute Gasteiger partial charge is 0.124 e. The molecule has 0 saturated carbocycles. The van der Waals surface area contributed by atoms with E-state index in [1.54, 1.807) is 42.6 Å². The number of aromatic hydroxyl groups is 1. The molecule has 0 spiro atoms. The zero-order chi connectivity index (χ0) is 13.1. The number of halogens is 3. The summed E-state index contributed by atoms with van der Waals surface area (Å²) in [5.41, 5.74) is 1.29. The number of phenolic OH excluding ortho intramolecular Hbond substituents is 1. The van der Waals surface area contributed by atoms with Gasteiger partial charge in [0.25, 0.3) is 0 Å². The number of nitrogens with zero attached hydrogens (tertiary/aromatic N) is 1. The summed E-state index contributed by atoms with van der Waals surface area (Å²) in [6, 6.07) is 10.2. The van der Waals surface area contributed by atoms with Crippen LogP contribution in [0.25, 0.3) is 0 Å². The lowest BCUT2D eigenvalue weighted by molar-refractivity contribution is 0.474. The number of hydrogen-bond donors (Lipinski definition) is 1. The summed E-state index contributed by atoms with van der Waals surface area (Å²) in [7, 11) is 0. The van der Waals surface area contributed by atoms with Gasteiger partial charge in [-0.1, -0.05) is 39.1 Å². The molecule has 0 bridgehead atoms.